The van der Waals surface area contributed by atoms with Crippen LogP contribution >= 0.6 is 0 Å². The lowest BCUT2D eigenvalue weighted by Gasteiger charge is -2.18. The molecule has 1 N–H and O–H groups in total. The molecule has 0 spiro atoms. The normalized spacial score (nSPS) is 13.3. The Morgan fingerprint density at radius 1 is 1.36 bits per heavy atom. The fourth-order valence-electron chi connectivity index (χ4n) is 2.38. The van der Waals surface area contributed by atoms with Crippen LogP contribution in [-0.4, -0.2) is 28.2 Å². The van der Waals surface area contributed by atoms with Crippen LogP contribution in [0.1, 0.15) is 32.1 Å². The first-order chi connectivity index (χ1) is 10.3. The van der Waals surface area contributed by atoms with Gasteiger partial charge in [-0.15, -0.1) is 0 Å². The zero-order valence-corrected chi connectivity index (χ0v) is 12.4. The summed E-state index contributed by atoms with van der Waals surface area (Å²) in [4.78, 5) is 16.5. The monoisotopic (exact) mass is 313 g/mol. The zero-order valence-electron chi connectivity index (χ0n) is 12.4. The van der Waals surface area contributed by atoms with E-state index in [9.17, 15) is 18.0 Å². The molecule has 1 aromatic heterocycles. The number of carbonyl (C=O) groups excluding carboxylic acids is 1. The summed E-state index contributed by atoms with van der Waals surface area (Å²) in [6.07, 6.45) is -2.93. The van der Waals surface area contributed by atoms with Gasteiger partial charge in [-0.05, 0) is 25.5 Å². The van der Waals surface area contributed by atoms with E-state index in [0.717, 1.165) is 17.5 Å². The van der Waals surface area contributed by atoms with Gasteiger partial charge in [-0.2, -0.15) is 13.2 Å². The number of aryl methyl sites for hydroxylation is 1. The molecule has 1 amide bonds. The Balaban J connectivity index is 2.31. The van der Waals surface area contributed by atoms with Crippen molar-refractivity contribution in [2.24, 2.45) is 0 Å². The van der Waals surface area contributed by atoms with Crippen LogP contribution < -0.4 is 5.32 Å². The molecule has 0 bridgehead atoms. The molecule has 0 saturated heterocycles. The predicted octanol–water partition coefficient (Wildman–Crippen LogP) is 3.23. The molecule has 22 heavy (non-hydrogen) atoms. The number of nitrogens with one attached hydrogen (secondary N) is 1. The number of fused-ring (bicyclic) bond motifs is 1. The number of benzene rings is 1. The lowest BCUT2D eigenvalue weighted by Crippen LogP contribution is -2.38. The molecule has 2 aromatic rings. The minimum absolute atomic E-state index is 0.658. The van der Waals surface area contributed by atoms with Crippen molar-refractivity contribution in [2.45, 2.75) is 38.9 Å². The quantitative estimate of drug-likeness (QED) is 0.921. The topological polar surface area (TPSA) is 46.9 Å². The number of rotatable bonds is 5. The van der Waals surface area contributed by atoms with Crippen LogP contribution in [0.2, 0.25) is 0 Å². The number of alkyl halides is 3. The molecule has 2 rings (SSSR count). The van der Waals surface area contributed by atoms with Crippen LogP contribution in [0.15, 0.2) is 24.3 Å². The minimum atomic E-state index is -4.42. The summed E-state index contributed by atoms with van der Waals surface area (Å²) < 4.78 is 38.4. The van der Waals surface area contributed by atoms with Gasteiger partial charge in [0.05, 0.1) is 11.0 Å². The average molecular weight is 313 g/mol. The molecule has 1 unspecified atom stereocenters. The van der Waals surface area contributed by atoms with Gasteiger partial charge < -0.3 is 9.88 Å². The molecule has 1 atom stereocenters. The summed E-state index contributed by atoms with van der Waals surface area (Å²) in [5.41, 5.74) is 1.49. The van der Waals surface area contributed by atoms with Gasteiger partial charge in [-0.25, -0.2) is 4.98 Å². The van der Waals surface area contributed by atoms with Gasteiger partial charge in [0.2, 0.25) is 5.91 Å². The van der Waals surface area contributed by atoms with E-state index in [-0.39, 0.29) is 0 Å². The molecular weight excluding hydrogens is 295 g/mol. The molecule has 0 aliphatic carbocycles. The van der Waals surface area contributed by atoms with Gasteiger partial charge in [-0.3, -0.25) is 4.79 Å². The van der Waals surface area contributed by atoms with Gasteiger partial charge >= 0.3 is 6.18 Å². The van der Waals surface area contributed by atoms with E-state index in [2.05, 4.69) is 4.98 Å². The standard InChI is InChI=1S/C15H18F3N3O/c1-3-6-13-20-11-7-4-5-8-12(11)21(13)10(2)14(22)19-9-15(16,17)18/h4-5,7-8,10H,3,6,9H2,1-2H3,(H,19,22). The molecule has 0 aliphatic rings. The summed E-state index contributed by atoms with van der Waals surface area (Å²) in [5, 5.41) is 1.93. The van der Waals surface area contributed by atoms with Crippen molar-refractivity contribution in [3.8, 4) is 0 Å². The van der Waals surface area contributed by atoms with Gasteiger partial charge in [-0.1, -0.05) is 19.1 Å². The number of hydrogen-bond donors (Lipinski definition) is 1. The van der Waals surface area contributed by atoms with Crippen LogP contribution in [0.4, 0.5) is 13.2 Å². The first-order valence-corrected chi connectivity index (χ1v) is 7.13. The Morgan fingerprint density at radius 2 is 2.05 bits per heavy atom. The lowest BCUT2D eigenvalue weighted by molar-refractivity contribution is -0.140. The Hall–Kier alpha value is -2.05. The van der Waals surface area contributed by atoms with Crippen molar-refractivity contribution in [3.63, 3.8) is 0 Å². The molecule has 7 heteroatoms. The molecule has 0 radical (unpaired) electrons. The van der Waals surface area contributed by atoms with E-state index in [1.54, 1.807) is 11.5 Å². The Morgan fingerprint density at radius 3 is 2.68 bits per heavy atom. The van der Waals surface area contributed by atoms with Gasteiger partial charge in [0.15, 0.2) is 0 Å². The first-order valence-electron chi connectivity index (χ1n) is 7.13. The number of imidazole rings is 1. The summed E-state index contributed by atoms with van der Waals surface area (Å²) in [6.45, 7) is 2.24. The average Bonchev–Trinajstić information content (AvgIpc) is 2.81. The number of hydrogen-bond acceptors (Lipinski definition) is 2. The van der Waals surface area contributed by atoms with E-state index < -0.39 is 24.7 Å². The van der Waals surface area contributed by atoms with Crippen LogP contribution in [0.25, 0.3) is 11.0 Å². The third-order valence-electron chi connectivity index (χ3n) is 3.37. The second-order valence-corrected chi connectivity index (χ2v) is 5.15. The Kier molecular flexibility index (Phi) is 4.73. The van der Waals surface area contributed by atoms with Crippen molar-refractivity contribution in [1.29, 1.82) is 0 Å². The number of halogens is 3. The molecule has 0 saturated carbocycles. The maximum atomic E-state index is 12.2. The third-order valence-corrected chi connectivity index (χ3v) is 3.37. The molecule has 120 valence electrons. The molecule has 4 nitrogen and oxygen atoms in total. The van der Waals surface area contributed by atoms with Crippen molar-refractivity contribution in [2.75, 3.05) is 6.54 Å². The van der Waals surface area contributed by atoms with E-state index in [4.69, 9.17) is 0 Å². The van der Waals surface area contributed by atoms with Crippen molar-refractivity contribution in [3.05, 3.63) is 30.1 Å². The highest BCUT2D eigenvalue weighted by Crippen LogP contribution is 2.22. The fraction of sp³-hybridized carbons (Fsp3) is 0.467. The first kappa shape index (κ1) is 16.3. The zero-order chi connectivity index (χ0) is 16.3. The highest BCUT2D eigenvalue weighted by molar-refractivity contribution is 5.84. The number of nitrogens with zero attached hydrogens (tertiary/aromatic N) is 2. The van der Waals surface area contributed by atoms with Crippen molar-refractivity contribution in [1.82, 2.24) is 14.9 Å². The predicted molar refractivity (Wildman–Crippen MR) is 77.5 cm³/mol. The summed E-state index contributed by atoms with van der Waals surface area (Å²) >= 11 is 0. The highest BCUT2D eigenvalue weighted by Gasteiger charge is 2.29. The summed E-state index contributed by atoms with van der Waals surface area (Å²) in [5.74, 6) is 0.0381. The largest absolute Gasteiger partial charge is 0.405 e. The molecular formula is C15H18F3N3O. The van der Waals surface area contributed by atoms with Crippen LogP contribution in [0.5, 0.6) is 0 Å². The van der Waals surface area contributed by atoms with Crippen LogP contribution in [0, 0.1) is 0 Å². The van der Waals surface area contributed by atoms with E-state index >= 15 is 0 Å². The highest BCUT2D eigenvalue weighted by atomic mass is 19.4. The van der Waals surface area contributed by atoms with Crippen molar-refractivity contribution >= 4 is 16.9 Å². The molecule has 0 aliphatic heterocycles. The second-order valence-electron chi connectivity index (χ2n) is 5.15. The summed E-state index contributed by atoms with van der Waals surface area (Å²) in [6, 6.07) is 6.54. The third kappa shape index (κ3) is 3.58. The van der Waals surface area contributed by atoms with Gasteiger partial charge in [0.1, 0.15) is 18.4 Å². The number of aromatic nitrogens is 2. The van der Waals surface area contributed by atoms with E-state index in [0.29, 0.717) is 12.2 Å². The van der Waals surface area contributed by atoms with Crippen LogP contribution in [0.3, 0.4) is 0 Å². The molecule has 1 aromatic carbocycles. The molecule has 0 fully saturated rings. The van der Waals surface area contributed by atoms with Gasteiger partial charge in [0, 0.05) is 6.42 Å². The second kappa shape index (κ2) is 6.37. The lowest BCUT2D eigenvalue weighted by atomic mass is 10.2. The minimum Gasteiger partial charge on any atom is -0.345 e. The fourth-order valence-corrected chi connectivity index (χ4v) is 2.38. The molecule has 1 heterocycles. The van der Waals surface area contributed by atoms with E-state index in [1.807, 2.05) is 36.5 Å². The number of amides is 1. The SMILES string of the molecule is CCCc1nc2ccccc2n1C(C)C(=O)NCC(F)(F)F. The number of carbonyl (C=O) groups is 1. The maximum Gasteiger partial charge on any atom is 0.405 e. The smallest absolute Gasteiger partial charge is 0.345 e. The van der Waals surface area contributed by atoms with Gasteiger partial charge in [0.25, 0.3) is 0 Å². The number of para-hydroxylation sites is 2. The van der Waals surface area contributed by atoms with E-state index in [1.165, 1.54) is 0 Å². The maximum absolute atomic E-state index is 12.2. The Bertz CT molecular complexity index is 664. The van der Waals surface area contributed by atoms with Crippen LogP contribution in [-0.2, 0) is 11.2 Å². The van der Waals surface area contributed by atoms with Crippen molar-refractivity contribution < 1.29 is 18.0 Å². The summed E-state index contributed by atoms with van der Waals surface area (Å²) in [7, 11) is 0. The Labute approximate surface area is 126 Å².